The number of halogens is 2. The largest absolute Gasteiger partial charge is 0.320 e. The van der Waals surface area contributed by atoms with E-state index in [0.717, 1.165) is 55.9 Å². The lowest BCUT2D eigenvalue weighted by atomic mass is 9.87. The van der Waals surface area contributed by atoms with Crippen LogP contribution in [0, 0.1) is 11.8 Å². The van der Waals surface area contributed by atoms with Gasteiger partial charge in [0.15, 0.2) is 0 Å². The molecule has 0 amide bonds. The maximum absolute atomic E-state index is 12.1. The Balaban J connectivity index is 1.53. The molecule has 0 bridgehead atoms. The number of Topliss-reactive ketones (excluding diaryl/α,β-unsaturated/α-hetero) is 1. The maximum Gasteiger partial charge on any atom is 0.149 e. The van der Waals surface area contributed by atoms with Crippen LogP contribution in [0.25, 0.3) is 0 Å². The Hall–Kier alpha value is -0.610. The molecule has 5 heteroatoms. The zero-order valence-corrected chi connectivity index (χ0v) is 16.7. The summed E-state index contributed by atoms with van der Waals surface area (Å²) in [6, 6.07) is 10.1. The predicted octanol–water partition coefficient (Wildman–Crippen LogP) is 3.56. The highest BCUT2D eigenvalue weighted by Crippen LogP contribution is 2.30. The Labute approximate surface area is 161 Å². The molecule has 2 heterocycles. The fraction of sp³-hybridized carbons (Fsp3) is 0.650. The summed E-state index contributed by atoms with van der Waals surface area (Å²) >= 11 is 13.2. The van der Waals surface area contributed by atoms with Gasteiger partial charge in [0, 0.05) is 19.6 Å². The highest BCUT2D eigenvalue weighted by molar-refractivity contribution is 6.30. The molecule has 0 aromatic heterocycles. The van der Waals surface area contributed by atoms with E-state index in [1.54, 1.807) is 0 Å². The summed E-state index contributed by atoms with van der Waals surface area (Å²) in [4.78, 5) is 14.6. The second-order valence-corrected chi connectivity index (χ2v) is 9.02. The van der Waals surface area contributed by atoms with E-state index in [2.05, 4.69) is 18.7 Å². The molecular weight excluding hydrogens is 355 g/mol. The van der Waals surface area contributed by atoms with E-state index in [4.69, 9.17) is 23.2 Å². The lowest BCUT2D eigenvalue weighted by Gasteiger charge is -2.50. The molecule has 0 saturated carbocycles. The van der Waals surface area contributed by atoms with Crippen molar-refractivity contribution in [3.05, 3.63) is 35.9 Å². The van der Waals surface area contributed by atoms with Crippen LogP contribution in [0.1, 0.15) is 24.8 Å². The van der Waals surface area contributed by atoms with E-state index in [-0.39, 0.29) is 22.6 Å². The van der Waals surface area contributed by atoms with Gasteiger partial charge in [-0.2, -0.15) is 0 Å². The summed E-state index contributed by atoms with van der Waals surface area (Å²) < 4.78 is 1.10. The molecule has 2 aliphatic rings. The number of carbonyl (C=O) groups excluding carboxylic acids is 1. The number of piperazine rings is 1. The van der Waals surface area contributed by atoms with Crippen molar-refractivity contribution in [1.29, 1.82) is 0 Å². The Bertz CT molecular complexity index is 571. The van der Waals surface area contributed by atoms with Crippen LogP contribution in [0.3, 0.4) is 0 Å². The van der Waals surface area contributed by atoms with Crippen molar-refractivity contribution in [2.24, 2.45) is 11.8 Å². The first-order chi connectivity index (χ1) is 11.9. The molecule has 4 unspecified atom stereocenters. The number of hydrogen-bond donors (Lipinski definition) is 0. The number of piperidine rings is 1. The van der Waals surface area contributed by atoms with Crippen LogP contribution in [0.15, 0.2) is 30.3 Å². The van der Waals surface area contributed by atoms with Crippen LogP contribution >= 0.6 is 23.2 Å². The van der Waals surface area contributed by atoms with E-state index in [9.17, 15) is 4.79 Å². The molecule has 25 heavy (non-hydrogen) atoms. The first kappa shape index (κ1) is 19.2. The van der Waals surface area contributed by atoms with Crippen LogP contribution in [0.4, 0.5) is 0 Å². The van der Waals surface area contributed by atoms with Crippen molar-refractivity contribution in [3.63, 3.8) is 0 Å². The number of quaternary nitrogens is 1. The Morgan fingerprint density at radius 1 is 1.08 bits per heavy atom. The van der Waals surface area contributed by atoms with Crippen LogP contribution in [-0.4, -0.2) is 66.4 Å². The lowest BCUT2D eigenvalue weighted by Crippen LogP contribution is -2.66. The smallest absolute Gasteiger partial charge is 0.149 e. The fourth-order valence-electron chi connectivity index (χ4n) is 4.57. The van der Waals surface area contributed by atoms with Crippen molar-refractivity contribution in [2.75, 3.05) is 45.8 Å². The molecular formula is C20H29Cl2N2O+. The molecule has 1 aromatic rings. The number of hydrogen-bond acceptors (Lipinski definition) is 2. The van der Waals surface area contributed by atoms with Crippen molar-refractivity contribution in [1.82, 2.24) is 4.90 Å². The zero-order valence-electron chi connectivity index (χ0n) is 15.2. The normalized spacial score (nSPS) is 29.5. The second kappa shape index (κ2) is 7.96. The number of ketones is 1. The van der Waals surface area contributed by atoms with Crippen LogP contribution in [0.2, 0.25) is 0 Å². The molecule has 2 aliphatic heterocycles. The summed E-state index contributed by atoms with van der Waals surface area (Å²) in [5, 5.41) is -0.267. The standard InChI is InChI=1S/C20H29Cl2N2O/c1-15-13-24(14-16(2)20(15)25)10-8-23(9-11-24)12-18(21)19(22)17-6-4-3-5-7-17/h3-7,15-16,18-19H,8-14H2,1-2H3/q+1. The fourth-order valence-corrected chi connectivity index (χ4v) is 5.13. The molecule has 0 radical (unpaired) electrons. The van der Waals surface area contributed by atoms with Gasteiger partial charge in [0.25, 0.3) is 0 Å². The van der Waals surface area contributed by atoms with Crippen LogP contribution < -0.4 is 0 Å². The lowest BCUT2D eigenvalue weighted by molar-refractivity contribution is -0.938. The third-order valence-corrected chi connectivity index (χ3v) is 7.02. The average Bonchev–Trinajstić information content (AvgIpc) is 2.62. The molecule has 3 rings (SSSR count). The van der Waals surface area contributed by atoms with Gasteiger partial charge in [0.05, 0.1) is 48.8 Å². The first-order valence-electron chi connectivity index (χ1n) is 9.34. The van der Waals surface area contributed by atoms with Crippen LogP contribution in [-0.2, 0) is 4.79 Å². The second-order valence-electron chi connectivity index (χ2n) is 7.99. The van der Waals surface area contributed by atoms with Crippen molar-refractivity contribution >= 4 is 29.0 Å². The summed E-state index contributed by atoms with van der Waals surface area (Å²) in [6.07, 6.45) is 0. The Morgan fingerprint density at radius 3 is 2.20 bits per heavy atom. The molecule has 3 nitrogen and oxygen atoms in total. The van der Waals surface area contributed by atoms with Gasteiger partial charge in [0.1, 0.15) is 5.78 Å². The SMILES string of the molecule is CC1C[N+]2(CCN(CC(Cl)C(Cl)c3ccccc3)CC2)CC(C)C1=O. The summed E-state index contributed by atoms with van der Waals surface area (Å²) in [7, 11) is 0. The molecule has 2 saturated heterocycles. The van der Waals surface area contributed by atoms with Gasteiger partial charge < -0.3 is 4.48 Å². The third-order valence-electron chi connectivity index (χ3n) is 5.94. The van der Waals surface area contributed by atoms with E-state index >= 15 is 0 Å². The Kier molecular flexibility index (Phi) is 6.10. The first-order valence-corrected chi connectivity index (χ1v) is 10.2. The molecule has 1 aromatic carbocycles. The van der Waals surface area contributed by atoms with Gasteiger partial charge >= 0.3 is 0 Å². The molecule has 4 atom stereocenters. The number of alkyl halides is 2. The van der Waals surface area contributed by atoms with Gasteiger partial charge in [-0.15, -0.1) is 23.2 Å². The highest BCUT2D eigenvalue weighted by Gasteiger charge is 2.43. The van der Waals surface area contributed by atoms with Crippen molar-refractivity contribution in [2.45, 2.75) is 24.6 Å². The number of benzene rings is 1. The summed E-state index contributed by atoms with van der Waals surface area (Å²) in [6.45, 7) is 11.3. The van der Waals surface area contributed by atoms with Gasteiger partial charge in [0.2, 0.25) is 0 Å². The van der Waals surface area contributed by atoms with Gasteiger partial charge in [-0.05, 0) is 5.56 Å². The van der Waals surface area contributed by atoms with Crippen LogP contribution in [0.5, 0.6) is 0 Å². The van der Waals surface area contributed by atoms with Crippen molar-refractivity contribution in [3.8, 4) is 0 Å². The zero-order chi connectivity index (χ0) is 18.0. The number of carbonyl (C=O) groups is 1. The highest BCUT2D eigenvalue weighted by atomic mass is 35.5. The summed E-state index contributed by atoms with van der Waals surface area (Å²) in [5.74, 6) is 0.836. The molecule has 138 valence electrons. The van der Waals surface area contributed by atoms with Gasteiger partial charge in [-0.3, -0.25) is 9.69 Å². The average molecular weight is 384 g/mol. The quantitative estimate of drug-likeness (QED) is 0.585. The predicted molar refractivity (Wildman–Crippen MR) is 104 cm³/mol. The van der Waals surface area contributed by atoms with E-state index in [1.165, 1.54) is 0 Å². The molecule has 0 N–H and O–H groups in total. The van der Waals surface area contributed by atoms with Crippen molar-refractivity contribution < 1.29 is 9.28 Å². The van der Waals surface area contributed by atoms with E-state index in [1.807, 2.05) is 30.3 Å². The summed E-state index contributed by atoms with van der Waals surface area (Å²) in [5.41, 5.74) is 1.09. The molecule has 1 spiro atoms. The van der Waals surface area contributed by atoms with E-state index < -0.39 is 0 Å². The van der Waals surface area contributed by atoms with Gasteiger partial charge in [-0.1, -0.05) is 44.2 Å². The topological polar surface area (TPSA) is 20.3 Å². The monoisotopic (exact) mass is 383 g/mol. The minimum atomic E-state index is -0.166. The number of nitrogens with zero attached hydrogens (tertiary/aromatic N) is 2. The van der Waals surface area contributed by atoms with Gasteiger partial charge in [-0.25, -0.2) is 0 Å². The molecule has 0 aliphatic carbocycles. The third kappa shape index (κ3) is 4.39. The minimum absolute atomic E-state index is 0.101. The van der Waals surface area contributed by atoms with E-state index in [0.29, 0.717) is 5.78 Å². The molecule has 2 fully saturated rings. The number of rotatable bonds is 4. The maximum atomic E-state index is 12.1. The Morgan fingerprint density at radius 2 is 1.64 bits per heavy atom. The minimum Gasteiger partial charge on any atom is -0.320 e.